The molecule has 2 unspecified atom stereocenters. The van der Waals surface area contributed by atoms with E-state index in [0.717, 1.165) is 0 Å². The Morgan fingerprint density at radius 3 is 2.10 bits per heavy atom. The van der Waals surface area contributed by atoms with Crippen LogP contribution in [0.2, 0.25) is 0 Å². The molecule has 0 aliphatic carbocycles. The molecule has 1 rings (SSSR count). The van der Waals surface area contributed by atoms with Crippen LogP contribution in [0.1, 0.15) is 20.3 Å². The van der Waals surface area contributed by atoms with E-state index in [-0.39, 0.29) is 6.61 Å². The van der Waals surface area contributed by atoms with Crippen LogP contribution in [-0.2, 0) is 4.74 Å². The minimum atomic E-state index is -0.663. The normalized spacial score (nSPS) is 32.4. The van der Waals surface area contributed by atoms with Crippen LogP contribution in [0, 0.1) is 0 Å². The highest BCUT2D eigenvalue weighted by molar-refractivity contribution is 4.69. The lowest BCUT2D eigenvalue weighted by Gasteiger charge is -2.22. The first-order valence-electron chi connectivity index (χ1n) is 3.74. The fourth-order valence-electron chi connectivity index (χ4n) is 0.712. The minimum absolute atomic E-state index is 0.279. The van der Waals surface area contributed by atoms with Crippen molar-refractivity contribution in [3.05, 3.63) is 0 Å². The highest BCUT2D eigenvalue weighted by Gasteiger charge is 2.20. The maximum absolute atomic E-state index is 8.85. The molecular formula is C7H16O3. The van der Waals surface area contributed by atoms with E-state index in [1.807, 2.05) is 13.8 Å². The summed E-state index contributed by atoms with van der Waals surface area (Å²) in [6.07, 6.45) is -0.672. The first-order chi connectivity index (χ1) is 4.80. The molecule has 1 heterocycles. The summed E-state index contributed by atoms with van der Waals surface area (Å²) in [7, 11) is 0. The monoisotopic (exact) mass is 148 g/mol. The lowest BCUT2D eigenvalue weighted by Crippen LogP contribution is -2.36. The van der Waals surface area contributed by atoms with Crippen molar-refractivity contribution in [3.63, 3.8) is 0 Å². The topological polar surface area (TPSA) is 49.7 Å². The van der Waals surface area contributed by atoms with Gasteiger partial charge in [0.2, 0.25) is 0 Å². The molecule has 0 amide bonds. The fraction of sp³-hybridized carbons (Fsp3) is 1.00. The van der Waals surface area contributed by atoms with Gasteiger partial charge in [-0.2, -0.15) is 0 Å². The van der Waals surface area contributed by atoms with Gasteiger partial charge in [-0.1, -0.05) is 13.8 Å². The first-order valence-corrected chi connectivity index (χ1v) is 3.74. The molecule has 1 saturated heterocycles. The summed E-state index contributed by atoms with van der Waals surface area (Å²) in [6, 6.07) is 0. The van der Waals surface area contributed by atoms with Crippen molar-refractivity contribution >= 4 is 0 Å². The summed E-state index contributed by atoms with van der Waals surface area (Å²) in [5, 5.41) is 17.7. The van der Waals surface area contributed by atoms with E-state index in [1.165, 1.54) is 0 Å². The van der Waals surface area contributed by atoms with Gasteiger partial charge in [0.25, 0.3) is 0 Å². The number of hydrogen-bond donors (Lipinski definition) is 2. The van der Waals surface area contributed by atoms with Crippen LogP contribution in [0.3, 0.4) is 0 Å². The van der Waals surface area contributed by atoms with Crippen LogP contribution < -0.4 is 0 Å². The minimum Gasteiger partial charge on any atom is -0.390 e. The van der Waals surface area contributed by atoms with Gasteiger partial charge in [-0.25, -0.2) is 0 Å². The predicted molar refractivity (Wildman–Crippen MR) is 38.8 cm³/mol. The van der Waals surface area contributed by atoms with Gasteiger partial charge in [-0.15, -0.1) is 0 Å². The van der Waals surface area contributed by atoms with Crippen LogP contribution in [0.25, 0.3) is 0 Å². The second-order valence-electron chi connectivity index (χ2n) is 2.00. The molecule has 0 spiro atoms. The number of ether oxygens (including phenoxy) is 1. The maximum Gasteiger partial charge on any atom is 0.103 e. The quantitative estimate of drug-likeness (QED) is 0.514. The number of rotatable bonds is 0. The molecular weight excluding hydrogens is 132 g/mol. The lowest BCUT2D eigenvalue weighted by atomic mass is 10.1. The Kier molecular flexibility index (Phi) is 5.58. The molecule has 2 N–H and O–H groups in total. The smallest absolute Gasteiger partial charge is 0.103 e. The lowest BCUT2D eigenvalue weighted by molar-refractivity contribution is -0.0852. The van der Waals surface area contributed by atoms with Crippen molar-refractivity contribution in [2.24, 2.45) is 0 Å². The average Bonchev–Trinajstić information content (AvgIpc) is 2.00. The summed E-state index contributed by atoms with van der Waals surface area (Å²) in [5.41, 5.74) is 0. The summed E-state index contributed by atoms with van der Waals surface area (Å²) < 4.78 is 4.84. The zero-order chi connectivity index (χ0) is 7.98. The van der Waals surface area contributed by atoms with E-state index < -0.39 is 12.2 Å². The van der Waals surface area contributed by atoms with Gasteiger partial charge in [0.1, 0.15) is 6.10 Å². The molecule has 0 aromatic heterocycles. The van der Waals surface area contributed by atoms with Crippen molar-refractivity contribution in [2.75, 3.05) is 13.2 Å². The van der Waals surface area contributed by atoms with Crippen LogP contribution in [0.5, 0.6) is 0 Å². The van der Waals surface area contributed by atoms with Crippen molar-refractivity contribution in [1.82, 2.24) is 0 Å². The van der Waals surface area contributed by atoms with Crippen molar-refractivity contribution < 1.29 is 14.9 Å². The molecule has 0 aromatic rings. The van der Waals surface area contributed by atoms with Gasteiger partial charge < -0.3 is 14.9 Å². The fourth-order valence-corrected chi connectivity index (χ4v) is 0.712. The van der Waals surface area contributed by atoms with Crippen LogP contribution in [0.4, 0.5) is 0 Å². The van der Waals surface area contributed by atoms with Crippen molar-refractivity contribution in [1.29, 1.82) is 0 Å². The van der Waals surface area contributed by atoms with E-state index in [1.54, 1.807) is 0 Å². The molecule has 1 aliphatic heterocycles. The van der Waals surface area contributed by atoms with Crippen LogP contribution in [0.15, 0.2) is 0 Å². The molecule has 0 aromatic carbocycles. The Morgan fingerprint density at radius 2 is 1.80 bits per heavy atom. The molecule has 3 nitrogen and oxygen atoms in total. The average molecular weight is 148 g/mol. The summed E-state index contributed by atoms with van der Waals surface area (Å²) in [4.78, 5) is 0. The second-order valence-corrected chi connectivity index (χ2v) is 2.00. The third-order valence-electron chi connectivity index (χ3n) is 1.29. The van der Waals surface area contributed by atoms with Gasteiger partial charge in [-0.3, -0.25) is 0 Å². The number of aliphatic hydroxyl groups excluding tert-OH is 2. The Morgan fingerprint density at radius 1 is 1.20 bits per heavy atom. The molecule has 1 aliphatic rings. The Hall–Kier alpha value is -0.120. The van der Waals surface area contributed by atoms with Crippen molar-refractivity contribution in [2.45, 2.75) is 32.5 Å². The van der Waals surface area contributed by atoms with Gasteiger partial charge in [0.15, 0.2) is 0 Å². The third-order valence-corrected chi connectivity index (χ3v) is 1.29. The molecule has 10 heavy (non-hydrogen) atoms. The summed E-state index contributed by atoms with van der Waals surface area (Å²) in [5.74, 6) is 0. The standard InChI is InChI=1S/C5H10O3.C2H6/c6-4-1-2-8-3-5(4)7;1-2/h4-7H,1-3H2;1-2H3. The van der Waals surface area contributed by atoms with Gasteiger partial charge in [0, 0.05) is 6.61 Å². The Bertz CT molecular complexity index is 65.3. The van der Waals surface area contributed by atoms with E-state index >= 15 is 0 Å². The predicted octanol–water partition coefficient (Wildman–Crippen LogP) is 0.155. The molecule has 0 bridgehead atoms. The van der Waals surface area contributed by atoms with Gasteiger partial charge >= 0.3 is 0 Å². The highest BCUT2D eigenvalue weighted by atomic mass is 16.5. The molecule has 62 valence electrons. The number of aliphatic hydroxyl groups is 2. The van der Waals surface area contributed by atoms with Crippen LogP contribution >= 0.6 is 0 Å². The van der Waals surface area contributed by atoms with E-state index in [4.69, 9.17) is 14.9 Å². The molecule has 1 fully saturated rings. The Labute approximate surface area is 61.6 Å². The zero-order valence-corrected chi connectivity index (χ0v) is 6.58. The van der Waals surface area contributed by atoms with Crippen molar-refractivity contribution in [3.8, 4) is 0 Å². The third kappa shape index (κ3) is 3.15. The second kappa shape index (κ2) is 5.65. The summed E-state index contributed by atoms with van der Waals surface area (Å²) >= 11 is 0. The molecule has 3 heteroatoms. The SMILES string of the molecule is CC.OC1CCOCC1O. The van der Waals surface area contributed by atoms with Gasteiger partial charge in [-0.05, 0) is 6.42 Å². The van der Waals surface area contributed by atoms with E-state index in [9.17, 15) is 0 Å². The number of hydrogen-bond acceptors (Lipinski definition) is 3. The highest BCUT2D eigenvalue weighted by Crippen LogP contribution is 2.05. The largest absolute Gasteiger partial charge is 0.390 e. The first kappa shape index (κ1) is 9.88. The maximum atomic E-state index is 8.85. The van der Waals surface area contributed by atoms with Crippen LogP contribution in [-0.4, -0.2) is 35.6 Å². The van der Waals surface area contributed by atoms with E-state index in [2.05, 4.69) is 0 Å². The Balaban J connectivity index is 0.000000371. The molecule has 0 radical (unpaired) electrons. The summed E-state index contributed by atoms with van der Waals surface area (Å²) in [6.45, 7) is 4.85. The molecule has 0 saturated carbocycles. The van der Waals surface area contributed by atoms with E-state index in [0.29, 0.717) is 13.0 Å². The zero-order valence-electron chi connectivity index (χ0n) is 6.58. The molecule has 2 atom stereocenters. The van der Waals surface area contributed by atoms with Gasteiger partial charge in [0.05, 0.1) is 12.7 Å².